The van der Waals surface area contributed by atoms with Gasteiger partial charge in [0.1, 0.15) is 12.6 Å². The van der Waals surface area contributed by atoms with Gasteiger partial charge in [0.15, 0.2) is 0 Å². The van der Waals surface area contributed by atoms with Gasteiger partial charge in [0.25, 0.3) is 10.0 Å². The lowest BCUT2D eigenvalue weighted by molar-refractivity contribution is -0.140. The number of hydrogen-bond acceptors (Lipinski definition) is 4. The van der Waals surface area contributed by atoms with E-state index in [1.54, 1.807) is 43.3 Å². The number of sulfonamides is 1. The highest BCUT2D eigenvalue weighted by atomic mass is 35.5. The molecule has 1 N–H and O–H groups in total. The van der Waals surface area contributed by atoms with E-state index in [1.807, 2.05) is 6.92 Å². The van der Waals surface area contributed by atoms with Crippen molar-refractivity contribution in [3.8, 4) is 0 Å². The van der Waals surface area contributed by atoms with Crippen LogP contribution in [0, 0.1) is 6.92 Å². The zero-order chi connectivity index (χ0) is 28.0. The number of likely N-dealkylation sites (N-methyl/N-ethyl adjacent to an activating group) is 1. The molecule has 0 aliphatic rings. The minimum atomic E-state index is -4.23. The van der Waals surface area contributed by atoms with Crippen LogP contribution in [0.2, 0.25) is 15.1 Å². The van der Waals surface area contributed by atoms with Crippen LogP contribution in [0.1, 0.15) is 24.5 Å². The molecule has 3 aromatic rings. The van der Waals surface area contributed by atoms with Gasteiger partial charge in [0.2, 0.25) is 11.8 Å². The molecule has 0 aliphatic heterocycles. The standard InChI is InChI=1S/C27H28Cl3N3O4S/c1-4-25(27(35)31-3)32(16-19-7-5-6-8-24(19)30)26(34)17-33(22-14-20(28)13-21(29)15-22)38(36,37)23-11-9-18(2)10-12-23/h5-15,25H,4,16-17H2,1-3H3,(H,31,35)/t25-/m1/s1. The summed E-state index contributed by atoms with van der Waals surface area (Å²) in [6, 6.07) is 16.7. The Balaban J connectivity index is 2.11. The first-order valence-corrected chi connectivity index (χ1v) is 14.3. The van der Waals surface area contributed by atoms with E-state index in [9.17, 15) is 18.0 Å². The van der Waals surface area contributed by atoms with E-state index < -0.39 is 28.5 Å². The first-order valence-electron chi connectivity index (χ1n) is 11.8. The van der Waals surface area contributed by atoms with Crippen LogP contribution < -0.4 is 9.62 Å². The second-order valence-corrected chi connectivity index (χ2v) is 11.7. The molecular formula is C27H28Cl3N3O4S. The van der Waals surface area contributed by atoms with E-state index in [0.29, 0.717) is 17.0 Å². The second-order valence-electron chi connectivity index (χ2n) is 8.60. The van der Waals surface area contributed by atoms with Gasteiger partial charge in [-0.25, -0.2) is 8.42 Å². The van der Waals surface area contributed by atoms with Crippen LogP contribution in [0.3, 0.4) is 0 Å². The summed E-state index contributed by atoms with van der Waals surface area (Å²) in [5.41, 5.74) is 1.60. The summed E-state index contributed by atoms with van der Waals surface area (Å²) in [6.45, 7) is 3.00. The quantitative estimate of drug-likeness (QED) is 0.325. The molecule has 0 unspecified atom stereocenters. The van der Waals surface area contributed by atoms with E-state index in [2.05, 4.69) is 5.32 Å². The Hall–Kier alpha value is -2.78. The lowest BCUT2D eigenvalue weighted by Gasteiger charge is -2.33. The lowest BCUT2D eigenvalue weighted by atomic mass is 10.1. The van der Waals surface area contributed by atoms with Crippen molar-refractivity contribution >= 4 is 62.3 Å². The highest BCUT2D eigenvalue weighted by Crippen LogP contribution is 2.30. The maximum absolute atomic E-state index is 13.9. The zero-order valence-corrected chi connectivity index (χ0v) is 24.2. The number of amides is 2. The Kier molecular flexibility index (Phi) is 10.1. The third-order valence-electron chi connectivity index (χ3n) is 5.95. The topological polar surface area (TPSA) is 86.8 Å². The summed E-state index contributed by atoms with van der Waals surface area (Å²) in [5.74, 6) is -0.987. The zero-order valence-electron chi connectivity index (χ0n) is 21.1. The Morgan fingerprint density at radius 2 is 1.55 bits per heavy atom. The molecule has 0 spiro atoms. The fourth-order valence-electron chi connectivity index (χ4n) is 3.95. The number of nitrogens with zero attached hydrogens (tertiary/aromatic N) is 2. The second kappa shape index (κ2) is 12.8. The third-order valence-corrected chi connectivity index (χ3v) is 8.55. The van der Waals surface area contributed by atoms with Crippen LogP contribution in [-0.4, -0.2) is 44.8 Å². The van der Waals surface area contributed by atoms with E-state index in [0.717, 1.165) is 9.87 Å². The average molecular weight is 597 g/mol. The number of carbonyl (C=O) groups is 2. The highest BCUT2D eigenvalue weighted by Gasteiger charge is 2.33. The molecule has 7 nitrogen and oxygen atoms in total. The van der Waals surface area contributed by atoms with Crippen molar-refractivity contribution < 1.29 is 18.0 Å². The Morgan fingerprint density at radius 1 is 0.947 bits per heavy atom. The van der Waals surface area contributed by atoms with Crippen LogP contribution in [0.4, 0.5) is 5.69 Å². The Labute approximate surface area is 238 Å². The van der Waals surface area contributed by atoms with Gasteiger partial charge < -0.3 is 10.2 Å². The van der Waals surface area contributed by atoms with E-state index in [1.165, 1.54) is 42.3 Å². The van der Waals surface area contributed by atoms with E-state index in [-0.39, 0.29) is 33.1 Å². The fourth-order valence-corrected chi connectivity index (χ4v) is 6.05. The van der Waals surface area contributed by atoms with E-state index in [4.69, 9.17) is 34.8 Å². The van der Waals surface area contributed by atoms with Gasteiger partial charge in [0, 0.05) is 28.7 Å². The summed E-state index contributed by atoms with van der Waals surface area (Å²) < 4.78 is 28.6. The summed E-state index contributed by atoms with van der Waals surface area (Å²) >= 11 is 18.8. The number of halogens is 3. The van der Waals surface area contributed by atoms with Crippen molar-refractivity contribution in [3.05, 3.63) is 92.9 Å². The molecule has 0 saturated carbocycles. The van der Waals surface area contributed by atoms with Gasteiger partial charge in [-0.1, -0.05) is 77.6 Å². The van der Waals surface area contributed by atoms with Gasteiger partial charge >= 0.3 is 0 Å². The summed E-state index contributed by atoms with van der Waals surface area (Å²) in [5, 5.41) is 3.40. The lowest BCUT2D eigenvalue weighted by Crippen LogP contribution is -2.51. The summed E-state index contributed by atoms with van der Waals surface area (Å²) in [7, 11) is -2.75. The largest absolute Gasteiger partial charge is 0.357 e. The molecule has 202 valence electrons. The van der Waals surface area contributed by atoms with Crippen LogP contribution >= 0.6 is 34.8 Å². The van der Waals surface area contributed by atoms with Crippen LogP contribution in [-0.2, 0) is 26.2 Å². The molecule has 0 aromatic heterocycles. The summed E-state index contributed by atoms with van der Waals surface area (Å²) in [6.07, 6.45) is 0.295. The molecule has 1 atom stereocenters. The van der Waals surface area contributed by atoms with Gasteiger partial charge in [0.05, 0.1) is 10.6 Å². The molecule has 3 rings (SSSR count). The third kappa shape index (κ3) is 6.99. The number of benzene rings is 3. The highest BCUT2D eigenvalue weighted by molar-refractivity contribution is 7.92. The Bertz CT molecular complexity index is 1400. The number of hydrogen-bond donors (Lipinski definition) is 1. The molecular weight excluding hydrogens is 569 g/mol. The predicted octanol–water partition coefficient (Wildman–Crippen LogP) is 5.70. The fraction of sp³-hybridized carbons (Fsp3) is 0.259. The van der Waals surface area contributed by atoms with Crippen LogP contribution in [0.15, 0.2) is 71.6 Å². The maximum Gasteiger partial charge on any atom is 0.264 e. The molecule has 11 heteroatoms. The number of aryl methyl sites for hydroxylation is 1. The summed E-state index contributed by atoms with van der Waals surface area (Å²) in [4.78, 5) is 28.0. The smallest absolute Gasteiger partial charge is 0.264 e. The van der Waals surface area contributed by atoms with Crippen molar-refractivity contribution in [2.24, 2.45) is 0 Å². The van der Waals surface area contributed by atoms with Crippen molar-refractivity contribution in [1.82, 2.24) is 10.2 Å². The van der Waals surface area contributed by atoms with Gasteiger partial charge in [-0.05, 0) is 55.3 Å². The van der Waals surface area contributed by atoms with Crippen molar-refractivity contribution in [1.29, 1.82) is 0 Å². The number of rotatable bonds is 10. The van der Waals surface area contributed by atoms with Gasteiger partial charge in [-0.2, -0.15) is 0 Å². The SMILES string of the molecule is CC[C@H](C(=O)NC)N(Cc1ccccc1Cl)C(=O)CN(c1cc(Cl)cc(Cl)c1)S(=O)(=O)c1ccc(C)cc1. The molecule has 2 amide bonds. The molecule has 0 fully saturated rings. The minimum absolute atomic E-state index is 0.000839. The van der Waals surface area contributed by atoms with Gasteiger partial charge in [-0.15, -0.1) is 0 Å². The van der Waals surface area contributed by atoms with Crippen LogP contribution in [0.25, 0.3) is 0 Å². The van der Waals surface area contributed by atoms with Crippen molar-refractivity contribution in [2.75, 3.05) is 17.9 Å². The van der Waals surface area contributed by atoms with Gasteiger partial charge in [-0.3, -0.25) is 13.9 Å². The normalized spacial score (nSPS) is 12.1. The first-order chi connectivity index (χ1) is 18.0. The molecule has 3 aromatic carbocycles. The minimum Gasteiger partial charge on any atom is -0.357 e. The average Bonchev–Trinajstić information content (AvgIpc) is 2.87. The van der Waals surface area contributed by atoms with Crippen LogP contribution in [0.5, 0.6) is 0 Å². The number of carbonyl (C=O) groups excluding carboxylic acids is 2. The van der Waals surface area contributed by atoms with Crippen molar-refractivity contribution in [3.63, 3.8) is 0 Å². The molecule has 0 saturated heterocycles. The van der Waals surface area contributed by atoms with Crippen molar-refractivity contribution in [2.45, 2.75) is 37.8 Å². The molecule has 38 heavy (non-hydrogen) atoms. The number of nitrogens with one attached hydrogen (secondary N) is 1. The van der Waals surface area contributed by atoms with E-state index >= 15 is 0 Å². The molecule has 0 heterocycles. The predicted molar refractivity (Wildman–Crippen MR) is 152 cm³/mol. The molecule has 0 bridgehead atoms. The maximum atomic E-state index is 13.9. The molecule has 0 aliphatic carbocycles. The molecule has 0 radical (unpaired) electrons. The first kappa shape index (κ1) is 29.8. The monoisotopic (exact) mass is 595 g/mol. The Morgan fingerprint density at radius 3 is 2.11 bits per heavy atom. The number of anilines is 1.